The SMILES string of the molecule is Cn1ccc(C2CCN(C(=O)Nc3cnn(CC4CC4)c3)CC2)n1. The third-order valence-corrected chi connectivity index (χ3v) is 4.96. The van der Waals surface area contributed by atoms with Crippen molar-refractivity contribution in [2.75, 3.05) is 18.4 Å². The van der Waals surface area contributed by atoms with E-state index >= 15 is 0 Å². The molecule has 24 heavy (non-hydrogen) atoms. The van der Waals surface area contributed by atoms with Crippen LogP contribution < -0.4 is 5.32 Å². The van der Waals surface area contributed by atoms with Gasteiger partial charge in [0.25, 0.3) is 0 Å². The van der Waals surface area contributed by atoms with Gasteiger partial charge in [0.2, 0.25) is 0 Å². The Labute approximate surface area is 141 Å². The lowest BCUT2D eigenvalue weighted by Crippen LogP contribution is -2.40. The molecule has 3 heterocycles. The van der Waals surface area contributed by atoms with Gasteiger partial charge < -0.3 is 10.2 Å². The van der Waals surface area contributed by atoms with Crippen molar-refractivity contribution >= 4 is 11.7 Å². The van der Waals surface area contributed by atoms with Crippen LogP contribution in [0.4, 0.5) is 10.5 Å². The number of anilines is 1. The number of carbonyl (C=O) groups excluding carboxylic acids is 1. The van der Waals surface area contributed by atoms with Crippen LogP contribution in [-0.2, 0) is 13.6 Å². The van der Waals surface area contributed by atoms with Crippen molar-refractivity contribution < 1.29 is 4.79 Å². The molecule has 2 fully saturated rings. The lowest BCUT2D eigenvalue weighted by atomic mass is 9.94. The molecule has 7 nitrogen and oxygen atoms in total. The first kappa shape index (κ1) is 15.2. The second-order valence-electron chi connectivity index (χ2n) is 7.00. The fraction of sp³-hybridized carbons (Fsp3) is 0.588. The molecule has 1 aliphatic heterocycles. The third kappa shape index (κ3) is 3.44. The van der Waals surface area contributed by atoms with Crippen LogP contribution in [0.2, 0.25) is 0 Å². The highest BCUT2D eigenvalue weighted by Gasteiger charge is 2.26. The summed E-state index contributed by atoms with van der Waals surface area (Å²) in [6.45, 7) is 2.50. The van der Waals surface area contributed by atoms with Gasteiger partial charge in [-0.3, -0.25) is 9.36 Å². The molecular formula is C17H24N6O. The zero-order valence-corrected chi connectivity index (χ0v) is 14.1. The summed E-state index contributed by atoms with van der Waals surface area (Å²) >= 11 is 0. The van der Waals surface area contributed by atoms with Gasteiger partial charge in [0, 0.05) is 45.0 Å². The summed E-state index contributed by atoms with van der Waals surface area (Å²) in [4.78, 5) is 14.3. The highest BCUT2D eigenvalue weighted by atomic mass is 16.2. The second kappa shape index (κ2) is 6.30. The van der Waals surface area contributed by atoms with Gasteiger partial charge in [-0.25, -0.2) is 4.79 Å². The minimum absolute atomic E-state index is 0.0274. The van der Waals surface area contributed by atoms with Gasteiger partial charge in [-0.1, -0.05) is 0 Å². The number of carbonyl (C=O) groups is 1. The number of amides is 2. The van der Waals surface area contributed by atoms with E-state index < -0.39 is 0 Å². The van der Waals surface area contributed by atoms with Crippen LogP contribution in [-0.4, -0.2) is 43.6 Å². The number of nitrogens with one attached hydrogen (secondary N) is 1. The van der Waals surface area contributed by atoms with Crippen molar-refractivity contribution in [2.45, 2.75) is 38.1 Å². The molecule has 4 rings (SSSR count). The Kier molecular flexibility index (Phi) is 4.00. The average molecular weight is 328 g/mol. The van der Waals surface area contributed by atoms with Crippen molar-refractivity contribution in [3.05, 3.63) is 30.4 Å². The van der Waals surface area contributed by atoms with Crippen molar-refractivity contribution in [3.63, 3.8) is 0 Å². The van der Waals surface area contributed by atoms with Crippen molar-refractivity contribution in [3.8, 4) is 0 Å². The van der Waals surface area contributed by atoms with E-state index in [1.165, 1.54) is 12.8 Å². The minimum Gasteiger partial charge on any atom is -0.324 e. The van der Waals surface area contributed by atoms with Crippen LogP contribution in [0.1, 0.15) is 37.3 Å². The zero-order valence-electron chi connectivity index (χ0n) is 14.1. The summed E-state index contributed by atoms with van der Waals surface area (Å²) in [6.07, 6.45) is 10.2. The monoisotopic (exact) mass is 328 g/mol. The Bertz CT molecular complexity index is 708. The molecule has 1 aliphatic carbocycles. The maximum Gasteiger partial charge on any atom is 0.321 e. The average Bonchev–Trinajstić information content (AvgIpc) is 3.11. The van der Waals surface area contributed by atoms with Crippen LogP contribution in [0.15, 0.2) is 24.7 Å². The van der Waals surface area contributed by atoms with E-state index in [9.17, 15) is 4.79 Å². The molecule has 0 aromatic carbocycles. The van der Waals surface area contributed by atoms with Crippen LogP contribution in [0, 0.1) is 5.92 Å². The molecule has 7 heteroatoms. The van der Waals surface area contributed by atoms with E-state index in [0.29, 0.717) is 5.92 Å². The summed E-state index contributed by atoms with van der Waals surface area (Å²) in [6, 6.07) is 2.05. The first-order chi connectivity index (χ1) is 11.7. The third-order valence-electron chi connectivity index (χ3n) is 4.96. The van der Waals surface area contributed by atoms with Crippen molar-refractivity contribution in [1.29, 1.82) is 0 Å². The largest absolute Gasteiger partial charge is 0.324 e. The molecule has 0 radical (unpaired) electrons. The Morgan fingerprint density at radius 3 is 2.75 bits per heavy atom. The van der Waals surface area contributed by atoms with E-state index in [0.717, 1.165) is 49.8 Å². The predicted molar refractivity (Wildman–Crippen MR) is 90.7 cm³/mol. The van der Waals surface area contributed by atoms with Crippen LogP contribution in [0.5, 0.6) is 0 Å². The van der Waals surface area contributed by atoms with Crippen molar-refractivity contribution in [2.24, 2.45) is 13.0 Å². The highest BCUT2D eigenvalue weighted by Crippen LogP contribution is 2.30. The van der Waals surface area contributed by atoms with E-state index in [2.05, 4.69) is 21.6 Å². The predicted octanol–water partition coefficient (Wildman–Crippen LogP) is 2.44. The number of aryl methyl sites for hydroxylation is 1. The topological polar surface area (TPSA) is 68.0 Å². The standard InChI is InChI=1S/C17H24N6O/c1-21-7-6-16(20-21)14-4-8-22(9-5-14)17(24)19-15-10-18-23(12-15)11-13-2-3-13/h6-7,10,12-14H,2-5,8-9,11H2,1H3,(H,19,24). The Hall–Kier alpha value is -2.31. The minimum atomic E-state index is -0.0274. The van der Waals surface area contributed by atoms with Crippen LogP contribution >= 0.6 is 0 Å². The normalized spacial score (nSPS) is 18.8. The molecule has 1 N–H and O–H groups in total. The smallest absolute Gasteiger partial charge is 0.321 e. The number of rotatable bonds is 4. The highest BCUT2D eigenvalue weighted by molar-refractivity contribution is 5.89. The lowest BCUT2D eigenvalue weighted by Gasteiger charge is -2.31. The Morgan fingerprint density at radius 1 is 1.29 bits per heavy atom. The fourth-order valence-electron chi connectivity index (χ4n) is 3.32. The Balaban J connectivity index is 1.28. The molecule has 2 aromatic rings. The molecule has 2 amide bonds. The summed E-state index contributed by atoms with van der Waals surface area (Å²) < 4.78 is 3.77. The number of hydrogen-bond acceptors (Lipinski definition) is 3. The first-order valence-electron chi connectivity index (χ1n) is 8.75. The number of hydrogen-bond donors (Lipinski definition) is 1. The van der Waals surface area contributed by atoms with E-state index in [1.54, 1.807) is 6.20 Å². The van der Waals surface area contributed by atoms with E-state index in [1.807, 2.05) is 33.7 Å². The molecule has 2 aromatic heterocycles. The van der Waals surface area contributed by atoms with Crippen LogP contribution in [0.25, 0.3) is 0 Å². The molecule has 2 aliphatic rings. The van der Waals surface area contributed by atoms with Gasteiger partial charge in [0.15, 0.2) is 0 Å². The van der Waals surface area contributed by atoms with Crippen molar-refractivity contribution in [1.82, 2.24) is 24.5 Å². The molecular weight excluding hydrogens is 304 g/mol. The van der Waals surface area contributed by atoms with Gasteiger partial charge in [0.05, 0.1) is 17.6 Å². The Morgan fingerprint density at radius 2 is 2.08 bits per heavy atom. The number of urea groups is 1. The van der Waals surface area contributed by atoms with Gasteiger partial charge in [-0.05, 0) is 37.7 Å². The zero-order chi connectivity index (χ0) is 16.5. The molecule has 0 atom stereocenters. The summed E-state index contributed by atoms with van der Waals surface area (Å²) in [5, 5.41) is 11.8. The molecule has 1 saturated carbocycles. The van der Waals surface area contributed by atoms with Gasteiger partial charge in [-0.15, -0.1) is 0 Å². The molecule has 1 saturated heterocycles. The quantitative estimate of drug-likeness (QED) is 0.937. The van der Waals surface area contributed by atoms with E-state index in [4.69, 9.17) is 0 Å². The summed E-state index contributed by atoms with van der Waals surface area (Å²) in [5.41, 5.74) is 1.92. The van der Waals surface area contributed by atoms with Gasteiger partial charge in [0.1, 0.15) is 0 Å². The fourth-order valence-corrected chi connectivity index (χ4v) is 3.32. The molecule has 128 valence electrons. The maximum atomic E-state index is 12.4. The number of aromatic nitrogens is 4. The second-order valence-corrected chi connectivity index (χ2v) is 7.00. The van der Waals surface area contributed by atoms with E-state index in [-0.39, 0.29) is 6.03 Å². The summed E-state index contributed by atoms with van der Waals surface area (Å²) in [7, 11) is 1.94. The lowest BCUT2D eigenvalue weighted by molar-refractivity contribution is 0.194. The molecule has 0 bridgehead atoms. The number of nitrogens with zero attached hydrogens (tertiary/aromatic N) is 5. The molecule has 0 spiro atoms. The maximum absolute atomic E-state index is 12.4. The van der Waals surface area contributed by atoms with Crippen LogP contribution in [0.3, 0.4) is 0 Å². The first-order valence-corrected chi connectivity index (χ1v) is 8.75. The number of likely N-dealkylation sites (tertiary alicyclic amines) is 1. The number of piperidine rings is 1. The van der Waals surface area contributed by atoms with Gasteiger partial charge in [-0.2, -0.15) is 10.2 Å². The summed E-state index contributed by atoms with van der Waals surface area (Å²) in [5.74, 6) is 1.23. The van der Waals surface area contributed by atoms with Gasteiger partial charge >= 0.3 is 6.03 Å². The molecule has 0 unspecified atom stereocenters.